The van der Waals surface area contributed by atoms with Crippen LogP contribution in [-0.2, 0) is 16.4 Å². The van der Waals surface area contributed by atoms with Crippen molar-refractivity contribution in [3.63, 3.8) is 0 Å². The Morgan fingerprint density at radius 2 is 2.14 bits per heavy atom. The molecule has 0 aromatic carbocycles. The molecule has 2 aromatic rings. The Labute approximate surface area is 130 Å². The van der Waals surface area contributed by atoms with Gasteiger partial charge in [0.1, 0.15) is 9.09 Å². The summed E-state index contributed by atoms with van der Waals surface area (Å²) in [6, 6.07) is 3.32. The summed E-state index contributed by atoms with van der Waals surface area (Å²) in [6.45, 7) is 2.47. The van der Waals surface area contributed by atoms with Crippen LogP contribution in [0.1, 0.15) is 26.7 Å². The van der Waals surface area contributed by atoms with Crippen molar-refractivity contribution in [3.05, 3.63) is 27.6 Å². The third-order valence-electron chi connectivity index (χ3n) is 2.98. The smallest absolute Gasteiger partial charge is 0.273 e. The van der Waals surface area contributed by atoms with E-state index in [1.54, 1.807) is 12.1 Å². The van der Waals surface area contributed by atoms with Gasteiger partial charge in [-0.15, -0.1) is 11.3 Å². The van der Waals surface area contributed by atoms with Crippen LogP contribution in [0.3, 0.4) is 0 Å². The molecule has 0 fully saturated rings. The lowest BCUT2D eigenvalue weighted by Crippen LogP contribution is -2.21. The zero-order valence-electron chi connectivity index (χ0n) is 11.2. The zero-order valence-corrected chi connectivity index (χ0v) is 13.6. The van der Waals surface area contributed by atoms with Crippen molar-refractivity contribution in [1.29, 1.82) is 0 Å². The predicted octanol–water partition coefficient (Wildman–Crippen LogP) is 1.99. The Hall–Kier alpha value is -1.45. The fraction of sp³-hybridized carbons (Fsp3) is 0.333. The lowest BCUT2D eigenvalue weighted by atomic mass is 10.2. The van der Waals surface area contributed by atoms with Gasteiger partial charge in [-0.2, -0.15) is 0 Å². The highest BCUT2D eigenvalue weighted by molar-refractivity contribution is 7.94. The highest BCUT2D eigenvalue weighted by atomic mass is 32.2. The minimum Gasteiger partial charge on any atom is -0.351 e. The monoisotopic (exact) mass is 343 g/mol. The van der Waals surface area contributed by atoms with Crippen LogP contribution in [0.4, 0.5) is 5.13 Å². The molecule has 0 radical (unpaired) electrons. The van der Waals surface area contributed by atoms with E-state index in [1.807, 2.05) is 6.92 Å². The maximum absolute atomic E-state index is 12.2. The summed E-state index contributed by atoms with van der Waals surface area (Å²) >= 11 is 2.28. The van der Waals surface area contributed by atoms with E-state index >= 15 is 0 Å². The third-order valence-corrected chi connectivity index (χ3v) is 6.95. The van der Waals surface area contributed by atoms with Gasteiger partial charge in [0.05, 0.1) is 5.69 Å². The number of carbonyl (C=O) groups excluding carboxylic acids is 1. The second-order valence-electron chi connectivity index (χ2n) is 4.62. The number of thiophene rings is 1. The molecule has 0 spiro atoms. The summed E-state index contributed by atoms with van der Waals surface area (Å²) in [5, 5.41) is 3.01. The molecule has 1 aliphatic rings. The first-order valence-electron chi connectivity index (χ1n) is 6.33. The van der Waals surface area contributed by atoms with Crippen LogP contribution in [0.15, 0.2) is 16.3 Å². The summed E-state index contributed by atoms with van der Waals surface area (Å²) in [5.41, 5.74) is 0.662. The number of hydrogen-bond donors (Lipinski definition) is 2. The number of nitrogens with zero attached hydrogens (tertiary/aromatic N) is 1. The average molecular weight is 343 g/mol. The summed E-state index contributed by atoms with van der Waals surface area (Å²) < 4.78 is 27.2. The number of thiazole rings is 1. The van der Waals surface area contributed by atoms with Crippen LogP contribution in [0.2, 0.25) is 0 Å². The second-order valence-corrected chi connectivity index (χ2v) is 8.82. The average Bonchev–Trinajstić information content (AvgIpc) is 2.97. The van der Waals surface area contributed by atoms with Crippen molar-refractivity contribution in [2.45, 2.75) is 24.0 Å². The summed E-state index contributed by atoms with van der Waals surface area (Å²) in [4.78, 5) is 17.5. The van der Waals surface area contributed by atoms with Gasteiger partial charge in [0, 0.05) is 11.4 Å². The van der Waals surface area contributed by atoms with Crippen LogP contribution >= 0.6 is 22.7 Å². The number of anilines is 1. The lowest BCUT2D eigenvalue weighted by Gasteiger charge is -2.02. The fourth-order valence-electron chi connectivity index (χ4n) is 2.00. The molecular weight excluding hydrogens is 330 g/mol. The van der Waals surface area contributed by atoms with Crippen LogP contribution in [0.25, 0.3) is 0 Å². The molecule has 112 valence electrons. The SMILES string of the molecule is Cc1ccc(S(=O)(=O)Nc2nc3c(s2)C(=O)NCCC3)s1. The topological polar surface area (TPSA) is 88.2 Å². The molecule has 0 saturated heterocycles. The summed E-state index contributed by atoms with van der Waals surface area (Å²) in [6.07, 6.45) is 1.48. The number of sulfonamides is 1. The molecule has 2 N–H and O–H groups in total. The molecule has 0 atom stereocenters. The van der Waals surface area contributed by atoms with Gasteiger partial charge >= 0.3 is 0 Å². The van der Waals surface area contributed by atoms with E-state index < -0.39 is 10.0 Å². The van der Waals surface area contributed by atoms with Crippen LogP contribution < -0.4 is 10.0 Å². The number of amides is 1. The fourth-order valence-corrected chi connectivity index (χ4v) is 5.45. The molecule has 3 heterocycles. The van der Waals surface area contributed by atoms with Crippen molar-refractivity contribution < 1.29 is 13.2 Å². The minimum atomic E-state index is -3.63. The standard InChI is InChI=1S/C12H13N3O3S3/c1-7-4-5-9(19-7)21(17,18)15-12-14-8-3-2-6-13-11(16)10(8)20-12/h4-5H,2-3,6H2,1H3,(H,13,16)(H,14,15). The first-order chi connectivity index (χ1) is 9.95. The molecule has 0 aliphatic carbocycles. The molecule has 0 unspecified atom stereocenters. The van der Waals surface area contributed by atoms with Gasteiger partial charge in [-0.1, -0.05) is 11.3 Å². The molecule has 9 heteroatoms. The Bertz CT molecular complexity index is 792. The summed E-state index contributed by atoms with van der Waals surface area (Å²) in [7, 11) is -3.63. The highest BCUT2D eigenvalue weighted by Gasteiger charge is 2.23. The van der Waals surface area contributed by atoms with Gasteiger partial charge < -0.3 is 5.32 Å². The third kappa shape index (κ3) is 2.94. The quantitative estimate of drug-likeness (QED) is 0.892. The molecule has 6 nitrogen and oxygen atoms in total. The molecule has 0 bridgehead atoms. The maximum atomic E-state index is 12.2. The second kappa shape index (κ2) is 5.39. The number of fused-ring (bicyclic) bond motifs is 1. The zero-order chi connectivity index (χ0) is 15.0. The Morgan fingerprint density at radius 3 is 2.86 bits per heavy atom. The van der Waals surface area contributed by atoms with Crippen molar-refractivity contribution in [3.8, 4) is 0 Å². The normalized spacial score (nSPS) is 15.2. The molecule has 2 aromatic heterocycles. The number of hydrogen-bond acceptors (Lipinski definition) is 6. The first-order valence-corrected chi connectivity index (χ1v) is 9.44. The van der Waals surface area contributed by atoms with Gasteiger partial charge in [0.15, 0.2) is 5.13 Å². The van der Waals surface area contributed by atoms with E-state index in [0.29, 0.717) is 23.5 Å². The lowest BCUT2D eigenvalue weighted by molar-refractivity contribution is 0.0960. The number of aryl methyl sites for hydroxylation is 2. The minimum absolute atomic E-state index is 0.183. The van der Waals surface area contributed by atoms with Gasteiger partial charge in [0.25, 0.3) is 15.9 Å². The van der Waals surface area contributed by atoms with Crippen LogP contribution in [0.5, 0.6) is 0 Å². The number of rotatable bonds is 3. The van der Waals surface area contributed by atoms with Gasteiger partial charge in [-0.05, 0) is 31.9 Å². The van der Waals surface area contributed by atoms with E-state index in [9.17, 15) is 13.2 Å². The van der Waals surface area contributed by atoms with Gasteiger partial charge in [0.2, 0.25) is 0 Å². The van der Waals surface area contributed by atoms with E-state index in [-0.39, 0.29) is 15.2 Å². The van der Waals surface area contributed by atoms with E-state index in [4.69, 9.17) is 0 Å². The van der Waals surface area contributed by atoms with E-state index in [1.165, 1.54) is 11.3 Å². The molecule has 0 saturated carbocycles. The molecule has 3 rings (SSSR count). The predicted molar refractivity (Wildman–Crippen MR) is 82.6 cm³/mol. The number of carbonyl (C=O) groups is 1. The molecule has 1 amide bonds. The molecule has 21 heavy (non-hydrogen) atoms. The van der Waals surface area contributed by atoms with E-state index in [0.717, 1.165) is 22.6 Å². The molecule has 1 aliphatic heterocycles. The largest absolute Gasteiger partial charge is 0.351 e. The van der Waals surface area contributed by atoms with Crippen molar-refractivity contribution >= 4 is 43.7 Å². The maximum Gasteiger partial charge on any atom is 0.273 e. The molecular formula is C12H13N3O3S3. The highest BCUT2D eigenvalue weighted by Crippen LogP contribution is 2.29. The Kier molecular flexibility index (Phi) is 3.72. The summed E-state index contributed by atoms with van der Waals surface area (Å²) in [5.74, 6) is -0.183. The van der Waals surface area contributed by atoms with Crippen molar-refractivity contribution in [1.82, 2.24) is 10.3 Å². The van der Waals surface area contributed by atoms with Gasteiger partial charge in [-0.3, -0.25) is 9.52 Å². The number of nitrogens with one attached hydrogen (secondary N) is 2. The van der Waals surface area contributed by atoms with Crippen LogP contribution in [-0.4, -0.2) is 25.9 Å². The number of aromatic nitrogens is 1. The Morgan fingerprint density at radius 1 is 1.33 bits per heavy atom. The van der Waals surface area contributed by atoms with Crippen LogP contribution in [0, 0.1) is 6.92 Å². The first kappa shape index (κ1) is 14.5. The van der Waals surface area contributed by atoms with Crippen molar-refractivity contribution in [2.75, 3.05) is 11.3 Å². The van der Waals surface area contributed by atoms with E-state index in [2.05, 4.69) is 15.0 Å². The Balaban J connectivity index is 1.89. The van der Waals surface area contributed by atoms with Gasteiger partial charge in [-0.25, -0.2) is 13.4 Å². The van der Waals surface area contributed by atoms with Crippen molar-refractivity contribution in [2.24, 2.45) is 0 Å².